The van der Waals surface area contributed by atoms with Crippen LogP contribution in [0.4, 0.5) is 4.79 Å². The molecule has 2 aromatic heterocycles. The Morgan fingerprint density at radius 2 is 2.00 bits per heavy atom. The Morgan fingerprint density at radius 3 is 2.68 bits per heavy atom. The molecular weight excluding hydrogens is 530 g/mol. The lowest BCUT2D eigenvalue weighted by Gasteiger charge is -2.41. The number of nitrogens with zero attached hydrogens (tertiary/aromatic N) is 4. The summed E-state index contributed by atoms with van der Waals surface area (Å²) in [6.45, 7) is 1.81. The summed E-state index contributed by atoms with van der Waals surface area (Å²) < 4.78 is 36.3. The number of aromatic nitrogens is 2. The maximum atomic E-state index is 13.8. The van der Waals surface area contributed by atoms with Gasteiger partial charge in [-0.2, -0.15) is 5.10 Å². The molecule has 38 heavy (non-hydrogen) atoms. The first kappa shape index (κ1) is 25.2. The predicted octanol–water partition coefficient (Wildman–Crippen LogP) is 2.63. The van der Waals surface area contributed by atoms with E-state index in [-0.39, 0.29) is 23.9 Å². The molecule has 3 aromatic rings. The number of amides is 3. The summed E-state index contributed by atoms with van der Waals surface area (Å²) in [7, 11) is -2.09. The molecule has 1 aliphatic carbocycles. The fraction of sp³-hybridized carbons (Fsp3) is 0.400. The minimum atomic E-state index is -3.84. The number of furan rings is 1. The van der Waals surface area contributed by atoms with Crippen LogP contribution in [-0.4, -0.2) is 56.0 Å². The summed E-state index contributed by atoms with van der Waals surface area (Å²) in [5, 5.41) is 13.6. The second kappa shape index (κ2) is 8.97. The van der Waals surface area contributed by atoms with Crippen LogP contribution < -0.4 is 4.72 Å². The van der Waals surface area contributed by atoms with Crippen LogP contribution in [0.5, 0.6) is 0 Å². The lowest BCUT2D eigenvalue weighted by Crippen LogP contribution is -2.58. The lowest BCUT2D eigenvalue weighted by atomic mass is 10.0. The number of hydrogen-bond donors (Lipinski definition) is 2. The van der Waals surface area contributed by atoms with Gasteiger partial charge in [0, 0.05) is 36.3 Å². The number of fused-ring (bicyclic) bond motifs is 2. The van der Waals surface area contributed by atoms with Crippen molar-refractivity contribution in [3.63, 3.8) is 0 Å². The second-order valence-corrected chi connectivity index (χ2v) is 13.4. The van der Waals surface area contributed by atoms with E-state index in [1.54, 1.807) is 41.2 Å². The molecule has 6 rings (SSSR count). The van der Waals surface area contributed by atoms with Gasteiger partial charge in [0.15, 0.2) is 0 Å². The van der Waals surface area contributed by atoms with Crippen molar-refractivity contribution in [3.05, 3.63) is 63.9 Å². The van der Waals surface area contributed by atoms with Gasteiger partial charge < -0.3 is 14.4 Å². The Kier molecular flexibility index (Phi) is 5.94. The fourth-order valence-corrected chi connectivity index (χ4v) is 8.13. The number of carbonyl (C=O) groups excluding carboxylic acids is 2. The Morgan fingerprint density at radius 1 is 1.21 bits per heavy atom. The zero-order valence-electron chi connectivity index (χ0n) is 20.8. The van der Waals surface area contributed by atoms with Gasteiger partial charge in [-0.3, -0.25) is 14.4 Å². The van der Waals surface area contributed by atoms with Gasteiger partial charge in [0.05, 0.1) is 18.7 Å². The maximum Gasteiger partial charge on any atom is 0.328 e. The van der Waals surface area contributed by atoms with Gasteiger partial charge in [0.1, 0.15) is 27.6 Å². The zero-order valence-corrected chi connectivity index (χ0v) is 22.5. The number of aliphatic hydroxyl groups excluding tert-OH is 1. The van der Waals surface area contributed by atoms with E-state index in [0.717, 1.165) is 35.6 Å². The van der Waals surface area contributed by atoms with E-state index in [1.807, 2.05) is 19.1 Å². The van der Waals surface area contributed by atoms with E-state index in [0.29, 0.717) is 16.9 Å². The number of benzene rings is 1. The summed E-state index contributed by atoms with van der Waals surface area (Å²) in [6, 6.07) is 6.69. The van der Waals surface area contributed by atoms with Crippen LogP contribution in [0.15, 0.2) is 51.4 Å². The van der Waals surface area contributed by atoms with Gasteiger partial charge in [-0.25, -0.2) is 17.9 Å². The molecular formula is C25H27N5O6S2. The lowest BCUT2D eigenvalue weighted by molar-refractivity contribution is -0.135. The Hall–Kier alpha value is -3.13. The smallest absolute Gasteiger partial charge is 0.328 e. The molecule has 1 saturated carbocycles. The van der Waals surface area contributed by atoms with E-state index >= 15 is 0 Å². The largest absolute Gasteiger partial charge is 0.459 e. The average Bonchev–Trinajstić information content (AvgIpc) is 3.27. The SMILES string of the molecule is Cn1cc(CN2C(=O)C3C=C(S(=O)(=O)NC4(C)CC4)SC3N(Cc3ccc4oc(CO)cc4c3)C2=O)cn1. The van der Waals surface area contributed by atoms with Crippen molar-refractivity contribution in [3.8, 4) is 0 Å². The molecule has 200 valence electrons. The van der Waals surface area contributed by atoms with Crippen molar-refractivity contribution in [2.24, 2.45) is 13.0 Å². The highest BCUT2D eigenvalue weighted by Gasteiger charge is 2.52. The molecule has 1 aromatic carbocycles. The van der Waals surface area contributed by atoms with E-state index in [1.165, 1.54) is 11.0 Å². The maximum absolute atomic E-state index is 13.8. The van der Waals surface area contributed by atoms with Gasteiger partial charge >= 0.3 is 6.03 Å². The average molecular weight is 558 g/mol. The second-order valence-electron chi connectivity index (χ2n) is 10.3. The molecule has 2 unspecified atom stereocenters. The van der Waals surface area contributed by atoms with Crippen LogP contribution >= 0.6 is 11.8 Å². The summed E-state index contributed by atoms with van der Waals surface area (Å²) in [5.74, 6) is -0.818. The van der Waals surface area contributed by atoms with E-state index in [4.69, 9.17) is 4.42 Å². The molecule has 2 N–H and O–H groups in total. The van der Waals surface area contributed by atoms with Crippen molar-refractivity contribution >= 4 is 44.7 Å². The molecule has 13 heteroatoms. The van der Waals surface area contributed by atoms with E-state index in [9.17, 15) is 23.1 Å². The highest BCUT2D eigenvalue weighted by Crippen LogP contribution is 2.46. The number of carbonyl (C=O) groups is 2. The zero-order chi connectivity index (χ0) is 26.8. The van der Waals surface area contributed by atoms with Crippen molar-refractivity contribution < 1.29 is 27.5 Å². The molecule has 0 spiro atoms. The summed E-state index contributed by atoms with van der Waals surface area (Å²) >= 11 is 1.03. The number of hydrogen-bond acceptors (Lipinski definition) is 8. The quantitative estimate of drug-likeness (QED) is 0.431. The Balaban J connectivity index is 1.33. The monoisotopic (exact) mass is 557 g/mol. The number of aliphatic hydroxyl groups is 1. The number of sulfonamides is 1. The third kappa shape index (κ3) is 4.53. The summed E-state index contributed by atoms with van der Waals surface area (Å²) in [4.78, 5) is 30.0. The predicted molar refractivity (Wildman–Crippen MR) is 139 cm³/mol. The molecule has 3 aliphatic rings. The highest BCUT2D eigenvalue weighted by atomic mass is 32.3. The fourth-order valence-electron chi connectivity index (χ4n) is 4.83. The van der Waals surface area contributed by atoms with E-state index in [2.05, 4.69) is 9.82 Å². The molecule has 2 aliphatic heterocycles. The molecule has 2 atom stereocenters. The first-order chi connectivity index (χ1) is 18.0. The third-order valence-electron chi connectivity index (χ3n) is 7.08. The number of nitrogens with one attached hydrogen (secondary N) is 1. The van der Waals surface area contributed by atoms with Crippen LogP contribution in [0, 0.1) is 5.92 Å². The van der Waals surface area contributed by atoms with Crippen LogP contribution in [0.2, 0.25) is 0 Å². The van der Waals surface area contributed by atoms with Gasteiger partial charge in [-0.1, -0.05) is 17.8 Å². The summed E-state index contributed by atoms with van der Waals surface area (Å²) in [6.07, 6.45) is 6.33. The Labute approximate surface area is 223 Å². The molecule has 11 nitrogen and oxygen atoms in total. The molecule has 0 bridgehead atoms. The van der Waals surface area contributed by atoms with Gasteiger partial charge in [-0.15, -0.1) is 0 Å². The van der Waals surface area contributed by atoms with Gasteiger partial charge in [-0.05, 0) is 49.6 Å². The first-order valence-electron chi connectivity index (χ1n) is 12.2. The van der Waals surface area contributed by atoms with Crippen molar-refractivity contribution in [2.75, 3.05) is 0 Å². The number of aryl methyl sites for hydroxylation is 1. The normalized spacial score (nSPS) is 22.8. The number of rotatable bonds is 8. The topological polar surface area (TPSA) is 138 Å². The van der Waals surface area contributed by atoms with Crippen LogP contribution in [-0.2, 0) is 41.6 Å². The van der Waals surface area contributed by atoms with Crippen molar-refractivity contribution in [1.29, 1.82) is 0 Å². The molecule has 4 heterocycles. The molecule has 1 saturated heterocycles. The van der Waals surface area contributed by atoms with E-state index < -0.39 is 38.8 Å². The van der Waals surface area contributed by atoms with Crippen LogP contribution in [0.3, 0.4) is 0 Å². The molecule has 3 amide bonds. The van der Waals surface area contributed by atoms with Crippen LogP contribution in [0.25, 0.3) is 11.0 Å². The van der Waals surface area contributed by atoms with Crippen molar-refractivity contribution in [1.82, 2.24) is 24.3 Å². The van der Waals surface area contributed by atoms with Crippen molar-refractivity contribution in [2.45, 2.75) is 50.4 Å². The molecule has 0 radical (unpaired) electrons. The highest BCUT2D eigenvalue weighted by molar-refractivity contribution is 8.18. The van der Waals surface area contributed by atoms with Gasteiger partial charge in [0.25, 0.3) is 0 Å². The first-order valence-corrected chi connectivity index (χ1v) is 14.6. The number of urea groups is 1. The molecule has 2 fully saturated rings. The standard InChI is InChI=1S/C25H27N5O6S2/c1-25(5-6-25)27-38(34,35)21-9-19-22(32)29(13-16-10-26-28(2)11-16)24(33)30(23(19)37-21)12-15-3-4-20-17(7-15)8-18(14-31)36-20/h3-4,7-11,19,23,27,31H,5-6,12-14H2,1-2H3. The minimum Gasteiger partial charge on any atom is -0.459 e. The number of imide groups is 1. The van der Waals surface area contributed by atoms with Gasteiger partial charge in [0.2, 0.25) is 15.9 Å². The third-order valence-corrected chi connectivity index (χ3v) is 10.6. The minimum absolute atomic E-state index is 0.0305. The van der Waals surface area contributed by atoms with Crippen LogP contribution in [0.1, 0.15) is 36.7 Å². The summed E-state index contributed by atoms with van der Waals surface area (Å²) in [5.41, 5.74) is 1.62. The Bertz CT molecular complexity index is 1590. The number of thioether (sulfide) groups is 1.